The van der Waals surface area contributed by atoms with E-state index >= 15 is 0 Å². The van der Waals surface area contributed by atoms with E-state index in [-0.39, 0.29) is 0 Å². The number of hydrogen-bond donors (Lipinski definition) is 1. The van der Waals surface area contributed by atoms with Gasteiger partial charge in [0.1, 0.15) is 0 Å². The molecule has 2 atom stereocenters. The molecule has 0 radical (unpaired) electrons. The van der Waals surface area contributed by atoms with Crippen molar-refractivity contribution in [3.63, 3.8) is 0 Å². The standard InChI is InChI=1S/C10H20N2/c1-8(9-3-2-4-9)12-6-5-10(11)7-12/h8-10H,2-7,11H2,1H3. The van der Waals surface area contributed by atoms with Crippen molar-refractivity contribution < 1.29 is 0 Å². The lowest BCUT2D eigenvalue weighted by atomic mass is 9.80. The number of nitrogens with zero attached hydrogens (tertiary/aromatic N) is 1. The van der Waals surface area contributed by atoms with Crippen molar-refractivity contribution in [2.75, 3.05) is 13.1 Å². The first kappa shape index (κ1) is 8.52. The molecule has 0 spiro atoms. The third-order valence-corrected chi connectivity index (χ3v) is 3.66. The molecule has 2 rings (SSSR count). The second-order valence-electron chi connectivity index (χ2n) is 4.48. The highest BCUT2D eigenvalue weighted by atomic mass is 15.2. The van der Waals surface area contributed by atoms with Gasteiger partial charge in [-0.2, -0.15) is 0 Å². The highest BCUT2D eigenvalue weighted by molar-refractivity contribution is 4.87. The van der Waals surface area contributed by atoms with Gasteiger partial charge in [-0.3, -0.25) is 4.90 Å². The zero-order chi connectivity index (χ0) is 8.55. The van der Waals surface area contributed by atoms with Gasteiger partial charge in [-0.1, -0.05) is 6.42 Å². The van der Waals surface area contributed by atoms with E-state index < -0.39 is 0 Å². The molecule has 70 valence electrons. The molecule has 1 heterocycles. The van der Waals surface area contributed by atoms with Gasteiger partial charge in [-0.05, 0) is 32.1 Å². The summed E-state index contributed by atoms with van der Waals surface area (Å²) in [6, 6.07) is 1.25. The van der Waals surface area contributed by atoms with Crippen molar-refractivity contribution >= 4 is 0 Å². The Labute approximate surface area is 75.1 Å². The second-order valence-corrected chi connectivity index (χ2v) is 4.48. The summed E-state index contributed by atoms with van der Waals surface area (Å²) in [5, 5.41) is 0. The Bertz CT molecular complexity index is 154. The summed E-state index contributed by atoms with van der Waals surface area (Å²) >= 11 is 0. The third kappa shape index (κ3) is 1.50. The highest BCUT2D eigenvalue weighted by Crippen LogP contribution is 2.33. The van der Waals surface area contributed by atoms with E-state index in [1.54, 1.807) is 0 Å². The van der Waals surface area contributed by atoms with Crippen molar-refractivity contribution in [2.24, 2.45) is 11.7 Å². The van der Waals surface area contributed by atoms with Crippen molar-refractivity contribution in [2.45, 2.75) is 44.7 Å². The molecule has 0 aromatic rings. The predicted molar refractivity (Wildman–Crippen MR) is 51.0 cm³/mol. The first-order valence-corrected chi connectivity index (χ1v) is 5.27. The Morgan fingerprint density at radius 3 is 2.50 bits per heavy atom. The minimum Gasteiger partial charge on any atom is -0.326 e. The van der Waals surface area contributed by atoms with Gasteiger partial charge in [0.05, 0.1) is 0 Å². The fraction of sp³-hybridized carbons (Fsp3) is 1.00. The fourth-order valence-corrected chi connectivity index (χ4v) is 2.41. The van der Waals surface area contributed by atoms with Crippen molar-refractivity contribution in [3.8, 4) is 0 Å². The average Bonchev–Trinajstić information content (AvgIpc) is 2.31. The van der Waals surface area contributed by atoms with Gasteiger partial charge >= 0.3 is 0 Å². The SMILES string of the molecule is CC(C1CCC1)N1CCC(N)C1. The van der Waals surface area contributed by atoms with Gasteiger partial charge in [0.2, 0.25) is 0 Å². The Kier molecular flexibility index (Phi) is 2.37. The summed E-state index contributed by atoms with van der Waals surface area (Å²) in [7, 11) is 0. The normalized spacial score (nSPS) is 35.0. The second kappa shape index (κ2) is 3.35. The minimum absolute atomic E-state index is 0.451. The van der Waals surface area contributed by atoms with E-state index in [4.69, 9.17) is 5.73 Å². The maximum Gasteiger partial charge on any atom is 0.0180 e. The molecule has 1 saturated heterocycles. The first-order valence-electron chi connectivity index (χ1n) is 5.27. The summed E-state index contributed by atoms with van der Waals surface area (Å²) in [6.45, 7) is 4.75. The Morgan fingerprint density at radius 2 is 2.08 bits per heavy atom. The van der Waals surface area contributed by atoms with E-state index in [1.165, 1.54) is 32.2 Å². The van der Waals surface area contributed by atoms with Crippen LogP contribution in [0.1, 0.15) is 32.6 Å². The quantitative estimate of drug-likeness (QED) is 0.671. The van der Waals surface area contributed by atoms with Crippen LogP contribution in [0.25, 0.3) is 0 Å². The van der Waals surface area contributed by atoms with Gasteiger partial charge in [-0.15, -0.1) is 0 Å². The predicted octanol–water partition coefficient (Wildman–Crippen LogP) is 1.21. The van der Waals surface area contributed by atoms with Gasteiger partial charge < -0.3 is 5.73 Å². The van der Waals surface area contributed by atoms with E-state index in [2.05, 4.69) is 11.8 Å². The molecule has 0 aromatic heterocycles. The molecule has 2 aliphatic rings. The number of likely N-dealkylation sites (tertiary alicyclic amines) is 1. The third-order valence-electron chi connectivity index (χ3n) is 3.66. The number of hydrogen-bond acceptors (Lipinski definition) is 2. The van der Waals surface area contributed by atoms with E-state index in [9.17, 15) is 0 Å². The first-order chi connectivity index (χ1) is 5.77. The molecule has 2 nitrogen and oxygen atoms in total. The number of rotatable bonds is 2. The zero-order valence-electron chi connectivity index (χ0n) is 8.00. The molecule has 2 N–H and O–H groups in total. The van der Waals surface area contributed by atoms with Crippen LogP contribution in [0.2, 0.25) is 0 Å². The topological polar surface area (TPSA) is 29.3 Å². The van der Waals surface area contributed by atoms with E-state index in [1.807, 2.05) is 0 Å². The lowest BCUT2D eigenvalue weighted by molar-refractivity contribution is 0.130. The molecular formula is C10H20N2. The fourth-order valence-electron chi connectivity index (χ4n) is 2.41. The van der Waals surface area contributed by atoms with Gasteiger partial charge in [0.25, 0.3) is 0 Å². The Hall–Kier alpha value is -0.0800. The van der Waals surface area contributed by atoms with E-state index in [0.29, 0.717) is 6.04 Å². The van der Waals surface area contributed by atoms with Crippen LogP contribution in [0.4, 0.5) is 0 Å². The molecule has 12 heavy (non-hydrogen) atoms. The van der Waals surface area contributed by atoms with Crippen LogP contribution in [0, 0.1) is 5.92 Å². The van der Waals surface area contributed by atoms with Gasteiger partial charge in [0, 0.05) is 25.2 Å². The number of nitrogens with two attached hydrogens (primary N) is 1. The minimum atomic E-state index is 0.451. The molecule has 0 bridgehead atoms. The van der Waals surface area contributed by atoms with Crippen LogP contribution < -0.4 is 5.73 Å². The summed E-state index contributed by atoms with van der Waals surface area (Å²) in [4.78, 5) is 2.58. The monoisotopic (exact) mass is 168 g/mol. The maximum atomic E-state index is 5.88. The smallest absolute Gasteiger partial charge is 0.0180 e. The molecule has 2 fully saturated rings. The largest absolute Gasteiger partial charge is 0.326 e. The molecule has 1 saturated carbocycles. The van der Waals surface area contributed by atoms with Crippen LogP contribution in [0.15, 0.2) is 0 Å². The molecule has 1 aliphatic carbocycles. The highest BCUT2D eigenvalue weighted by Gasteiger charge is 2.31. The molecule has 0 amide bonds. The molecule has 1 aliphatic heterocycles. The van der Waals surface area contributed by atoms with Gasteiger partial charge in [0.15, 0.2) is 0 Å². The summed E-state index contributed by atoms with van der Waals surface area (Å²) in [6.07, 6.45) is 5.56. The van der Waals surface area contributed by atoms with Crippen molar-refractivity contribution in [3.05, 3.63) is 0 Å². The maximum absolute atomic E-state index is 5.88. The lowest BCUT2D eigenvalue weighted by Crippen LogP contribution is -2.40. The summed E-state index contributed by atoms with van der Waals surface area (Å²) in [5.41, 5.74) is 5.88. The van der Waals surface area contributed by atoms with Crippen LogP contribution in [-0.2, 0) is 0 Å². The summed E-state index contributed by atoms with van der Waals surface area (Å²) in [5.74, 6) is 0.982. The van der Waals surface area contributed by atoms with Gasteiger partial charge in [-0.25, -0.2) is 0 Å². The molecule has 2 unspecified atom stereocenters. The van der Waals surface area contributed by atoms with Crippen molar-refractivity contribution in [1.82, 2.24) is 4.90 Å². The van der Waals surface area contributed by atoms with Crippen LogP contribution in [0.5, 0.6) is 0 Å². The van der Waals surface area contributed by atoms with Crippen LogP contribution >= 0.6 is 0 Å². The lowest BCUT2D eigenvalue weighted by Gasteiger charge is -2.37. The molecule has 0 aromatic carbocycles. The zero-order valence-corrected chi connectivity index (χ0v) is 8.00. The molecule has 2 heteroatoms. The Morgan fingerprint density at radius 1 is 1.33 bits per heavy atom. The van der Waals surface area contributed by atoms with Crippen molar-refractivity contribution in [1.29, 1.82) is 0 Å². The average molecular weight is 168 g/mol. The Balaban J connectivity index is 1.83. The molecular weight excluding hydrogens is 148 g/mol. The van der Waals surface area contributed by atoms with E-state index in [0.717, 1.165) is 18.5 Å². The summed E-state index contributed by atoms with van der Waals surface area (Å²) < 4.78 is 0. The van der Waals surface area contributed by atoms with Crippen LogP contribution in [-0.4, -0.2) is 30.1 Å². The van der Waals surface area contributed by atoms with Crippen LogP contribution in [0.3, 0.4) is 0 Å².